The van der Waals surface area contributed by atoms with E-state index in [1.807, 2.05) is 0 Å². The fourth-order valence-corrected chi connectivity index (χ4v) is 3.47. The van der Waals surface area contributed by atoms with Crippen LogP contribution in [0.25, 0.3) is 0 Å². The van der Waals surface area contributed by atoms with Gasteiger partial charge in [0.2, 0.25) is 12.4 Å². The van der Waals surface area contributed by atoms with Gasteiger partial charge in [0.05, 0.1) is 6.61 Å². The molecule has 0 saturated heterocycles. The fourth-order valence-electron chi connectivity index (χ4n) is 2.87. The topological polar surface area (TPSA) is 89.1 Å². The molecule has 168 valence electrons. The van der Waals surface area contributed by atoms with Crippen LogP contribution in [0, 0.1) is 5.92 Å². The molecule has 3 rings (SSSR count). The third-order valence-electron chi connectivity index (χ3n) is 4.59. The van der Waals surface area contributed by atoms with Gasteiger partial charge in [-0.1, -0.05) is 29.3 Å². The van der Waals surface area contributed by atoms with Gasteiger partial charge in [-0.15, -0.1) is 0 Å². The van der Waals surface area contributed by atoms with Crippen molar-refractivity contribution in [3.8, 4) is 11.5 Å². The number of hydrogen-bond acceptors (Lipinski definition) is 6. The van der Waals surface area contributed by atoms with E-state index in [9.17, 15) is 18.8 Å². The zero-order chi connectivity index (χ0) is 22.5. The van der Waals surface area contributed by atoms with Gasteiger partial charge in [0.15, 0.2) is 11.5 Å². The van der Waals surface area contributed by atoms with E-state index in [-0.39, 0.29) is 28.0 Å². The first-order chi connectivity index (χ1) is 14.8. The molecule has 11 heteroatoms. The first-order valence-corrected chi connectivity index (χ1v) is 10.1. The Bertz CT molecular complexity index is 919. The number of alkyl halides is 2. The molecule has 1 aromatic carbocycles. The molecular formula is C20H20Cl2F2NO6+. The Morgan fingerprint density at radius 1 is 1.19 bits per heavy atom. The number of halogens is 4. The second-order valence-electron chi connectivity index (χ2n) is 6.99. The molecule has 0 unspecified atom stereocenters. The van der Waals surface area contributed by atoms with Crippen molar-refractivity contribution in [1.29, 1.82) is 0 Å². The molecule has 1 heterocycles. The summed E-state index contributed by atoms with van der Waals surface area (Å²) in [5.74, 6) is -0.617. The van der Waals surface area contributed by atoms with Crippen LogP contribution in [0.4, 0.5) is 8.78 Å². The number of aromatic nitrogens is 1. The van der Waals surface area contributed by atoms with Gasteiger partial charge in [-0.2, -0.15) is 8.78 Å². The molecule has 7 nitrogen and oxygen atoms in total. The van der Waals surface area contributed by atoms with E-state index in [4.69, 9.17) is 37.8 Å². The normalized spacial score (nSPS) is 14.4. The van der Waals surface area contributed by atoms with Gasteiger partial charge in [-0.3, -0.25) is 5.21 Å². The van der Waals surface area contributed by atoms with Crippen molar-refractivity contribution in [2.45, 2.75) is 32.0 Å². The zero-order valence-corrected chi connectivity index (χ0v) is 17.7. The van der Waals surface area contributed by atoms with Crippen LogP contribution in [0.15, 0.2) is 30.6 Å². The van der Waals surface area contributed by atoms with E-state index >= 15 is 0 Å². The summed E-state index contributed by atoms with van der Waals surface area (Å²) < 4.78 is 41.7. The number of aliphatic hydroxyl groups excluding tert-OH is 1. The van der Waals surface area contributed by atoms with Crippen molar-refractivity contribution < 1.29 is 42.8 Å². The van der Waals surface area contributed by atoms with Crippen molar-refractivity contribution in [1.82, 2.24) is 0 Å². The van der Waals surface area contributed by atoms with E-state index in [1.165, 1.54) is 30.6 Å². The molecule has 1 atom stereocenters. The Balaban J connectivity index is 1.93. The maximum Gasteiger partial charge on any atom is 0.387 e. The summed E-state index contributed by atoms with van der Waals surface area (Å²) in [7, 11) is 0. The molecule has 1 aliphatic carbocycles. The molecule has 0 aliphatic heterocycles. The number of benzene rings is 1. The number of aliphatic hydroxyl groups is 1. The number of carbonyl (C=O) groups is 1. The molecule has 31 heavy (non-hydrogen) atoms. The smallest absolute Gasteiger partial charge is 0.387 e. The van der Waals surface area contributed by atoms with E-state index in [1.54, 1.807) is 0 Å². The number of nitrogens with zero attached hydrogens (tertiary/aromatic N) is 1. The van der Waals surface area contributed by atoms with Crippen molar-refractivity contribution in [3.63, 3.8) is 0 Å². The van der Waals surface area contributed by atoms with Crippen LogP contribution in [0.5, 0.6) is 11.5 Å². The van der Waals surface area contributed by atoms with E-state index in [0.29, 0.717) is 28.4 Å². The highest BCUT2D eigenvalue weighted by molar-refractivity contribution is 6.35. The highest BCUT2D eigenvalue weighted by Crippen LogP contribution is 2.37. The zero-order valence-electron chi connectivity index (χ0n) is 16.1. The lowest BCUT2D eigenvalue weighted by molar-refractivity contribution is -0.904. The van der Waals surface area contributed by atoms with Crippen molar-refractivity contribution in [3.05, 3.63) is 51.8 Å². The molecule has 0 radical (unpaired) electrons. The minimum Gasteiger partial charge on any atom is -0.489 e. The average molecular weight is 479 g/mol. The number of hydrogen-bond donors (Lipinski definition) is 2. The predicted molar refractivity (Wildman–Crippen MR) is 105 cm³/mol. The highest BCUT2D eigenvalue weighted by atomic mass is 35.5. The van der Waals surface area contributed by atoms with E-state index in [0.717, 1.165) is 12.8 Å². The molecule has 1 saturated carbocycles. The Morgan fingerprint density at radius 2 is 1.87 bits per heavy atom. The van der Waals surface area contributed by atoms with Crippen LogP contribution in [-0.4, -0.2) is 36.1 Å². The molecule has 0 spiro atoms. The van der Waals surface area contributed by atoms with Gasteiger partial charge in [0, 0.05) is 16.7 Å². The summed E-state index contributed by atoms with van der Waals surface area (Å²) in [4.78, 5) is 11.8. The van der Waals surface area contributed by atoms with Crippen LogP contribution < -0.4 is 14.2 Å². The van der Waals surface area contributed by atoms with Crippen molar-refractivity contribution in [2.75, 3.05) is 13.2 Å². The molecule has 2 N–H and O–H groups in total. The number of ether oxygens (including phenoxy) is 3. The maximum absolute atomic E-state index is 12.8. The molecule has 1 aliphatic rings. The third kappa shape index (κ3) is 6.56. The molecule has 0 bridgehead atoms. The summed E-state index contributed by atoms with van der Waals surface area (Å²) in [5, 5.41) is 18.9. The summed E-state index contributed by atoms with van der Waals surface area (Å²) in [6.07, 6.45) is 3.42. The van der Waals surface area contributed by atoms with Gasteiger partial charge in [-0.25, -0.2) is 4.79 Å². The quantitative estimate of drug-likeness (QED) is 0.307. The first-order valence-electron chi connectivity index (χ1n) is 9.37. The van der Waals surface area contributed by atoms with Crippen LogP contribution >= 0.6 is 23.2 Å². The lowest BCUT2D eigenvalue weighted by Crippen LogP contribution is -2.29. The third-order valence-corrected chi connectivity index (χ3v) is 5.24. The molecular weight excluding hydrogens is 459 g/mol. The molecule has 0 amide bonds. The first kappa shape index (κ1) is 23.3. The van der Waals surface area contributed by atoms with Crippen molar-refractivity contribution >= 4 is 29.2 Å². The Labute approximate surface area is 186 Å². The lowest BCUT2D eigenvalue weighted by atomic mass is 10.0. The standard InChI is InChI=1S/C20H20Cl2F2NO6/c21-14-7-25(28)8-15(22)13(14)6-17(30-19(27)9-26)12-3-4-16(31-20(23)24)18(5-12)29-10-11-1-2-11/h3-5,7-8,11,17,20,26,28H,1-2,6,9-10H2/q+1/t17-/m0/s1. The number of carbonyl (C=O) groups excluding carboxylic acids is 1. The average Bonchev–Trinajstić information content (AvgIpc) is 3.53. The van der Waals surface area contributed by atoms with Crippen molar-refractivity contribution in [2.24, 2.45) is 5.92 Å². The van der Waals surface area contributed by atoms with Gasteiger partial charge < -0.3 is 19.3 Å². The van der Waals surface area contributed by atoms with E-state index in [2.05, 4.69) is 4.74 Å². The number of pyridine rings is 1. The summed E-state index contributed by atoms with van der Waals surface area (Å²) in [6, 6.07) is 4.17. The van der Waals surface area contributed by atoms with Crippen LogP contribution in [0.2, 0.25) is 10.0 Å². The second kappa shape index (κ2) is 10.3. The minimum absolute atomic E-state index is 0.0125. The predicted octanol–water partition coefficient (Wildman–Crippen LogP) is 3.73. The van der Waals surface area contributed by atoms with Crippen LogP contribution in [0.1, 0.15) is 30.1 Å². The monoisotopic (exact) mass is 478 g/mol. The summed E-state index contributed by atoms with van der Waals surface area (Å²) >= 11 is 12.3. The Kier molecular flexibility index (Phi) is 7.74. The van der Waals surface area contributed by atoms with Gasteiger partial charge >= 0.3 is 12.6 Å². The van der Waals surface area contributed by atoms with E-state index < -0.39 is 25.3 Å². The van der Waals surface area contributed by atoms with Gasteiger partial charge in [0.1, 0.15) is 22.8 Å². The summed E-state index contributed by atoms with van der Waals surface area (Å²) in [6.45, 7) is -3.55. The largest absolute Gasteiger partial charge is 0.489 e. The molecule has 1 fully saturated rings. The Morgan fingerprint density at radius 3 is 2.45 bits per heavy atom. The Hall–Kier alpha value is -2.36. The second-order valence-corrected chi connectivity index (χ2v) is 7.81. The molecule has 2 aromatic rings. The van der Waals surface area contributed by atoms with Gasteiger partial charge in [0.25, 0.3) is 0 Å². The fraction of sp³-hybridized carbons (Fsp3) is 0.400. The van der Waals surface area contributed by atoms with Crippen LogP contribution in [-0.2, 0) is 16.0 Å². The van der Waals surface area contributed by atoms with Crippen LogP contribution in [0.3, 0.4) is 0 Å². The highest BCUT2D eigenvalue weighted by Gasteiger charge is 2.26. The minimum atomic E-state index is -3.04. The number of rotatable bonds is 10. The SMILES string of the molecule is O=C(CO)O[C@@H](Cc1c(Cl)c[n+](O)cc1Cl)c1ccc(OC(F)F)c(OCC2CC2)c1. The summed E-state index contributed by atoms with van der Waals surface area (Å²) in [5.41, 5.74) is 0.764. The lowest BCUT2D eigenvalue weighted by Gasteiger charge is -2.21. The number of esters is 1. The maximum atomic E-state index is 12.8. The molecule has 1 aromatic heterocycles. The van der Waals surface area contributed by atoms with Gasteiger partial charge in [-0.05, 0) is 36.5 Å².